The van der Waals surface area contributed by atoms with Gasteiger partial charge in [0.2, 0.25) is 0 Å². The lowest BCUT2D eigenvalue weighted by Gasteiger charge is -2.12. The molecule has 0 spiro atoms. The number of nitrogens with one attached hydrogen (secondary N) is 1. The Balaban J connectivity index is 2.01. The van der Waals surface area contributed by atoms with Crippen molar-refractivity contribution in [3.63, 3.8) is 0 Å². The summed E-state index contributed by atoms with van der Waals surface area (Å²) in [6.07, 6.45) is 0. The normalized spacial score (nSPS) is 10.6. The summed E-state index contributed by atoms with van der Waals surface area (Å²) in [5, 5.41) is 14.2. The Hall–Kier alpha value is -2.93. The Morgan fingerprint density at radius 2 is 1.88 bits per heavy atom. The number of benzene rings is 2. The molecule has 0 saturated heterocycles. The first-order chi connectivity index (χ1) is 11.9. The molecule has 6 nitrogen and oxygen atoms in total. The van der Waals surface area contributed by atoms with Crippen LogP contribution in [0.1, 0.15) is 26.3 Å². The predicted octanol–water partition coefficient (Wildman–Crippen LogP) is 2.48. The summed E-state index contributed by atoms with van der Waals surface area (Å²) in [4.78, 5) is 35.6. The van der Waals surface area contributed by atoms with Gasteiger partial charge in [0.15, 0.2) is 0 Å². The van der Waals surface area contributed by atoms with Crippen molar-refractivity contribution >= 4 is 44.5 Å². The maximum absolute atomic E-state index is 12.5. The number of anilines is 1. The molecule has 1 aromatic heterocycles. The maximum Gasteiger partial charge on any atom is 0.349 e. The van der Waals surface area contributed by atoms with Crippen molar-refractivity contribution in [1.82, 2.24) is 0 Å². The van der Waals surface area contributed by atoms with E-state index in [0.29, 0.717) is 16.5 Å². The van der Waals surface area contributed by atoms with Crippen LogP contribution in [0.3, 0.4) is 0 Å². The number of rotatable bonds is 3. The molecule has 2 aromatic carbocycles. The molecule has 25 heavy (non-hydrogen) atoms. The fourth-order valence-corrected chi connectivity index (χ4v) is 2.81. The van der Waals surface area contributed by atoms with E-state index in [-0.39, 0.29) is 16.8 Å². The van der Waals surface area contributed by atoms with Crippen molar-refractivity contribution in [3.8, 4) is 0 Å². The molecule has 0 unspecified atom stereocenters. The summed E-state index contributed by atoms with van der Waals surface area (Å²) >= 11 is 3.32. The van der Waals surface area contributed by atoms with Gasteiger partial charge in [0, 0.05) is 21.1 Å². The van der Waals surface area contributed by atoms with Gasteiger partial charge in [0.05, 0.1) is 5.97 Å². The lowest BCUT2D eigenvalue weighted by molar-refractivity contribution is -0.255. The summed E-state index contributed by atoms with van der Waals surface area (Å²) < 4.78 is 5.93. The van der Waals surface area contributed by atoms with Gasteiger partial charge in [-0.3, -0.25) is 4.79 Å². The van der Waals surface area contributed by atoms with Crippen molar-refractivity contribution in [2.24, 2.45) is 0 Å². The molecule has 1 N–H and O–H groups in total. The van der Waals surface area contributed by atoms with Crippen LogP contribution in [0, 0.1) is 6.92 Å². The smallest absolute Gasteiger partial charge is 0.349 e. The Kier molecular flexibility index (Phi) is 4.41. The Morgan fingerprint density at radius 1 is 1.12 bits per heavy atom. The lowest BCUT2D eigenvalue weighted by Crippen LogP contribution is -2.25. The van der Waals surface area contributed by atoms with E-state index in [0.717, 1.165) is 4.47 Å². The first kappa shape index (κ1) is 16.9. The number of aromatic carboxylic acids is 1. The van der Waals surface area contributed by atoms with Gasteiger partial charge in [-0.1, -0.05) is 28.1 Å². The highest BCUT2D eigenvalue weighted by molar-refractivity contribution is 9.10. The molecule has 0 aliphatic carbocycles. The summed E-state index contributed by atoms with van der Waals surface area (Å²) in [6.45, 7) is 1.54. The number of carboxylic acid groups (broad SMARTS) is 1. The molecule has 1 heterocycles. The van der Waals surface area contributed by atoms with Crippen LogP contribution in [0.4, 0.5) is 5.69 Å². The van der Waals surface area contributed by atoms with Gasteiger partial charge < -0.3 is 19.6 Å². The van der Waals surface area contributed by atoms with Crippen molar-refractivity contribution in [1.29, 1.82) is 0 Å². The Bertz CT molecular complexity index is 1070. The van der Waals surface area contributed by atoms with Crippen LogP contribution < -0.4 is 16.0 Å². The van der Waals surface area contributed by atoms with Crippen LogP contribution in [-0.2, 0) is 0 Å². The van der Waals surface area contributed by atoms with Crippen molar-refractivity contribution < 1.29 is 19.1 Å². The Morgan fingerprint density at radius 3 is 2.60 bits per heavy atom. The standard InChI is InChI=1S/C18H12BrNO5/c1-9-12(17(22)23)3-2-4-14(9)20-16(21)13-8-10-7-11(19)5-6-15(10)25-18(13)24/h2-8H,1H3,(H,20,21)(H,22,23)/p-1. The highest BCUT2D eigenvalue weighted by Gasteiger charge is 2.16. The van der Waals surface area contributed by atoms with Gasteiger partial charge in [0.25, 0.3) is 5.91 Å². The van der Waals surface area contributed by atoms with Crippen LogP contribution in [0.25, 0.3) is 11.0 Å². The second-order valence-electron chi connectivity index (χ2n) is 5.35. The third-order valence-electron chi connectivity index (χ3n) is 3.74. The largest absolute Gasteiger partial charge is 0.545 e. The molecule has 0 radical (unpaired) electrons. The zero-order valence-corrected chi connectivity index (χ0v) is 14.5. The predicted molar refractivity (Wildman–Crippen MR) is 93.6 cm³/mol. The number of hydrogen-bond acceptors (Lipinski definition) is 5. The minimum absolute atomic E-state index is 0.0349. The van der Waals surface area contributed by atoms with Crippen molar-refractivity contribution in [2.75, 3.05) is 5.32 Å². The van der Waals surface area contributed by atoms with Gasteiger partial charge in [-0.2, -0.15) is 0 Å². The van der Waals surface area contributed by atoms with E-state index >= 15 is 0 Å². The SMILES string of the molecule is Cc1c(NC(=O)c2cc3cc(Br)ccc3oc2=O)cccc1C(=O)[O-]. The molecule has 1 amide bonds. The number of carboxylic acids is 1. The fourth-order valence-electron chi connectivity index (χ4n) is 2.43. The van der Waals surface area contributed by atoms with Crippen LogP contribution in [-0.4, -0.2) is 11.9 Å². The molecular formula is C18H11BrNO5-. The van der Waals surface area contributed by atoms with E-state index in [9.17, 15) is 19.5 Å². The monoisotopic (exact) mass is 400 g/mol. The van der Waals surface area contributed by atoms with Crippen LogP contribution in [0.2, 0.25) is 0 Å². The van der Waals surface area contributed by atoms with E-state index in [4.69, 9.17) is 4.42 Å². The first-order valence-corrected chi connectivity index (χ1v) is 8.02. The quantitative estimate of drug-likeness (QED) is 0.680. The van der Waals surface area contributed by atoms with Crippen molar-refractivity contribution in [3.05, 3.63) is 74.0 Å². The maximum atomic E-state index is 12.5. The molecule has 0 aliphatic rings. The third kappa shape index (κ3) is 3.32. The molecule has 126 valence electrons. The second-order valence-corrected chi connectivity index (χ2v) is 6.27. The molecule has 3 rings (SSSR count). The van der Waals surface area contributed by atoms with Crippen LogP contribution >= 0.6 is 15.9 Å². The number of amides is 1. The summed E-state index contributed by atoms with van der Waals surface area (Å²) in [6, 6.07) is 10.9. The molecular weight excluding hydrogens is 390 g/mol. The lowest BCUT2D eigenvalue weighted by atomic mass is 10.1. The van der Waals surface area contributed by atoms with Gasteiger partial charge in [-0.15, -0.1) is 0 Å². The van der Waals surface area contributed by atoms with Gasteiger partial charge in [-0.25, -0.2) is 4.79 Å². The zero-order valence-electron chi connectivity index (χ0n) is 13.0. The minimum Gasteiger partial charge on any atom is -0.545 e. The molecule has 0 bridgehead atoms. The number of halogens is 1. The van der Waals surface area contributed by atoms with Gasteiger partial charge in [0.1, 0.15) is 11.1 Å². The topological polar surface area (TPSA) is 99.4 Å². The van der Waals surface area contributed by atoms with E-state index in [1.54, 1.807) is 31.2 Å². The zero-order chi connectivity index (χ0) is 18.1. The molecule has 0 aliphatic heterocycles. The first-order valence-electron chi connectivity index (χ1n) is 7.22. The van der Waals surface area contributed by atoms with E-state index in [2.05, 4.69) is 21.2 Å². The second kappa shape index (κ2) is 6.52. The highest BCUT2D eigenvalue weighted by atomic mass is 79.9. The number of hydrogen-bond donors (Lipinski definition) is 1. The molecule has 0 saturated carbocycles. The number of carbonyl (C=O) groups excluding carboxylic acids is 2. The van der Waals surface area contributed by atoms with E-state index < -0.39 is 17.5 Å². The number of fused-ring (bicyclic) bond motifs is 1. The van der Waals surface area contributed by atoms with E-state index in [1.807, 2.05) is 0 Å². The number of carbonyl (C=O) groups is 2. The van der Waals surface area contributed by atoms with Crippen LogP contribution in [0.15, 0.2) is 56.1 Å². The highest BCUT2D eigenvalue weighted by Crippen LogP contribution is 2.21. The summed E-state index contributed by atoms with van der Waals surface area (Å²) in [7, 11) is 0. The van der Waals surface area contributed by atoms with E-state index in [1.165, 1.54) is 18.2 Å². The minimum atomic E-state index is -1.34. The van der Waals surface area contributed by atoms with Crippen molar-refractivity contribution in [2.45, 2.75) is 6.92 Å². The molecule has 0 atom stereocenters. The Labute approximate surface area is 150 Å². The van der Waals surface area contributed by atoms with Gasteiger partial charge in [-0.05, 0) is 42.8 Å². The molecule has 3 aromatic rings. The molecule has 7 heteroatoms. The average molecular weight is 401 g/mol. The van der Waals surface area contributed by atoms with Crippen LogP contribution in [0.5, 0.6) is 0 Å². The third-order valence-corrected chi connectivity index (χ3v) is 4.23. The average Bonchev–Trinajstić information content (AvgIpc) is 2.56. The fraction of sp³-hybridized carbons (Fsp3) is 0.0556. The molecule has 0 fully saturated rings. The van der Waals surface area contributed by atoms with Gasteiger partial charge >= 0.3 is 5.63 Å². The summed E-state index contributed by atoms with van der Waals surface area (Å²) in [5.41, 5.74) is -0.0127. The summed E-state index contributed by atoms with van der Waals surface area (Å²) in [5.74, 6) is -2.03.